The van der Waals surface area contributed by atoms with Crippen LogP contribution in [0.1, 0.15) is 36.8 Å². The third kappa shape index (κ3) is 1.82. The zero-order valence-corrected chi connectivity index (χ0v) is 9.67. The summed E-state index contributed by atoms with van der Waals surface area (Å²) in [5.41, 5.74) is 9.21. The lowest BCUT2D eigenvalue weighted by atomic mass is 9.89. The molecule has 1 aliphatic heterocycles. The molecule has 1 heterocycles. The van der Waals surface area contributed by atoms with Crippen molar-refractivity contribution in [2.24, 2.45) is 5.73 Å². The highest BCUT2D eigenvalue weighted by Gasteiger charge is 2.29. The highest BCUT2D eigenvalue weighted by atomic mass is 16.5. The van der Waals surface area contributed by atoms with E-state index in [9.17, 15) is 0 Å². The van der Waals surface area contributed by atoms with Crippen LogP contribution in [0, 0.1) is 0 Å². The molecule has 86 valence electrons. The average molecular weight is 217 g/mol. The van der Waals surface area contributed by atoms with Crippen molar-refractivity contribution in [1.29, 1.82) is 0 Å². The van der Waals surface area contributed by atoms with Gasteiger partial charge < -0.3 is 10.5 Å². The highest BCUT2D eigenvalue weighted by molar-refractivity contribution is 5.40. The Balaban J connectivity index is 1.80. The van der Waals surface area contributed by atoms with Crippen molar-refractivity contribution in [2.75, 3.05) is 6.61 Å². The van der Waals surface area contributed by atoms with Crippen molar-refractivity contribution in [3.05, 3.63) is 29.3 Å². The van der Waals surface area contributed by atoms with Gasteiger partial charge in [0.2, 0.25) is 0 Å². The molecule has 3 rings (SSSR count). The zero-order valence-electron chi connectivity index (χ0n) is 9.67. The Bertz CT molecular complexity index is 394. The van der Waals surface area contributed by atoms with E-state index in [-0.39, 0.29) is 5.54 Å². The van der Waals surface area contributed by atoms with E-state index in [1.807, 2.05) is 0 Å². The van der Waals surface area contributed by atoms with Crippen LogP contribution in [0.15, 0.2) is 18.2 Å². The number of benzene rings is 1. The summed E-state index contributed by atoms with van der Waals surface area (Å²) in [6.07, 6.45) is 7.04. The summed E-state index contributed by atoms with van der Waals surface area (Å²) < 4.78 is 5.52. The van der Waals surface area contributed by atoms with Crippen LogP contribution in [0.5, 0.6) is 5.75 Å². The summed E-state index contributed by atoms with van der Waals surface area (Å²) in [5.74, 6) is 1.07. The van der Waals surface area contributed by atoms with Crippen molar-refractivity contribution in [3.8, 4) is 5.75 Å². The Kier molecular flexibility index (Phi) is 2.40. The van der Waals surface area contributed by atoms with Gasteiger partial charge in [0.25, 0.3) is 0 Å². The van der Waals surface area contributed by atoms with E-state index in [0.717, 1.165) is 25.2 Å². The van der Waals surface area contributed by atoms with Crippen molar-refractivity contribution in [1.82, 2.24) is 0 Å². The van der Waals surface area contributed by atoms with Gasteiger partial charge in [-0.1, -0.05) is 25.0 Å². The topological polar surface area (TPSA) is 35.2 Å². The molecule has 2 nitrogen and oxygen atoms in total. The Labute approximate surface area is 96.8 Å². The van der Waals surface area contributed by atoms with Gasteiger partial charge in [-0.3, -0.25) is 0 Å². The summed E-state index contributed by atoms with van der Waals surface area (Å²) in [7, 11) is 0. The quantitative estimate of drug-likeness (QED) is 0.825. The summed E-state index contributed by atoms with van der Waals surface area (Å²) >= 11 is 0. The molecule has 0 aromatic heterocycles. The normalized spacial score (nSPS) is 21.8. The molecule has 1 saturated carbocycles. The molecule has 0 spiro atoms. The first kappa shape index (κ1) is 10.2. The van der Waals surface area contributed by atoms with Crippen LogP contribution in [0.25, 0.3) is 0 Å². The zero-order chi connectivity index (χ0) is 11.0. The minimum atomic E-state index is 0.0632. The molecule has 0 atom stereocenters. The predicted octanol–water partition coefficient (Wildman–Crippen LogP) is 2.44. The molecule has 0 bridgehead atoms. The lowest BCUT2D eigenvalue weighted by Crippen LogP contribution is -2.38. The van der Waals surface area contributed by atoms with Gasteiger partial charge in [0.1, 0.15) is 5.75 Å². The summed E-state index contributed by atoms with van der Waals surface area (Å²) in [5, 5.41) is 0. The molecule has 0 radical (unpaired) electrons. The number of hydrogen-bond donors (Lipinski definition) is 1. The Morgan fingerprint density at radius 3 is 2.88 bits per heavy atom. The predicted molar refractivity (Wildman–Crippen MR) is 64.7 cm³/mol. The average Bonchev–Trinajstić information content (AvgIpc) is 2.86. The number of nitrogens with two attached hydrogens (primary N) is 1. The summed E-state index contributed by atoms with van der Waals surface area (Å²) in [6.45, 7) is 0.840. The van der Waals surface area contributed by atoms with Gasteiger partial charge in [-0.2, -0.15) is 0 Å². The van der Waals surface area contributed by atoms with Crippen LogP contribution < -0.4 is 10.5 Å². The van der Waals surface area contributed by atoms with Gasteiger partial charge in [-0.15, -0.1) is 0 Å². The number of fused-ring (bicyclic) bond motifs is 1. The van der Waals surface area contributed by atoms with E-state index < -0.39 is 0 Å². The highest BCUT2D eigenvalue weighted by Crippen LogP contribution is 2.32. The third-order valence-corrected chi connectivity index (χ3v) is 3.91. The largest absolute Gasteiger partial charge is 0.493 e. The fourth-order valence-electron chi connectivity index (χ4n) is 3.01. The fourth-order valence-corrected chi connectivity index (χ4v) is 3.01. The molecule has 2 heteroatoms. The first-order valence-electron chi connectivity index (χ1n) is 6.29. The van der Waals surface area contributed by atoms with Crippen LogP contribution in [0.4, 0.5) is 0 Å². The second kappa shape index (κ2) is 3.77. The van der Waals surface area contributed by atoms with Gasteiger partial charge >= 0.3 is 0 Å². The smallest absolute Gasteiger partial charge is 0.122 e. The standard InChI is InChI=1S/C14H19NO/c15-14(6-1-2-7-14)10-11-3-4-13-12(9-11)5-8-16-13/h3-4,9H,1-2,5-8,10,15H2. The monoisotopic (exact) mass is 217 g/mol. The minimum Gasteiger partial charge on any atom is -0.493 e. The first-order chi connectivity index (χ1) is 7.75. The van der Waals surface area contributed by atoms with E-state index >= 15 is 0 Å². The van der Waals surface area contributed by atoms with E-state index in [1.54, 1.807) is 0 Å². The van der Waals surface area contributed by atoms with Crippen LogP contribution >= 0.6 is 0 Å². The van der Waals surface area contributed by atoms with Crippen LogP contribution in [-0.4, -0.2) is 12.1 Å². The maximum absolute atomic E-state index is 6.41. The Hall–Kier alpha value is -1.02. The SMILES string of the molecule is NC1(Cc2ccc3c(c2)CCO3)CCCC1. The molecule has 2 N–H and O–H groups in total. The Morgan fingerprint density at radius 1 is 1.25 bits per heavy atom. The van der Waals surface area contributed by atoms with Crippen molar-refractivity contribution in [3.63, 3.8) is 0 Å². The molecule has 0 amide bonds. The first-order valence-corrected chi connectivity index (χ1v) is 6.29. The van der Waals surface area contributed by atoms with Gasteiger partial charge in [0, 0.05) is 12.0 Å². The van der Waals surface area contributed by atoms with Crippen molar-refractivity contribution >= 4 is 0 Å². The molecule has 1 fully saturated rings. The van der Waals surface area contributed by atoms with E-state index in [4.69, 9.17) is 10.5 Å². The molecule has 2 aliphatic rings. The molecule has 1 aromatic carbocycles. The van der Waals surface area contributed by atoms with Gasteiger partial charge in [0.05, 0.1) is 6.61 Å². The molecular weight excluding hydrogens is 198 g/mol. The van der Waals surface area contributed by atoms with E-state index in [1.165, 1.54) is 36.8 Å². The molecule has 0 unspecified atom stereocenters. The lowest BCUT2D eigenvalue weighted by Gasteiger charge is -2.23. The number of hydrogen-bond acceptors (Lipinski definition) is 2. The maximum atomic E-state index is 6.41. The van der Waals surface area contributed by atoms with Crippen molar-refractivity contribution in [2.45, 2.75) is 44.1 Å². The number of ether oxygens (including phenoxy) is 1. The Morgan fingerprint density at radius 2 is 2.06 bits per heavy atom. The van der Waals surface area contributed by atoms with Gasteiger partial charge in [0.15, 0.2) is 0 Å². The van der Waals surface area contributed by atoms with Gasteiger partial charge in [-0.25, -0.2) is 0 Å². The fraction of sp³-hybridized carbons (Fsp3) is 0.571. The molecule has 0 saturated heterocycles. The van der Waals surface area contributed by atoms with Gasteiger partial charge in [-0.05, 0) is 36.5 Å². The lowest BCUT2D eigenvalue weighted by molar-refractivity contribution is 0.356. The summed E-state index contributed by atoms with van der Waals surface area (Å²) in [6, 6.07) is 6.57. The van der Waals surface area contributed by atoms with E-state index in [2.05, 4.69) is 18.2 Å². The minimum absolute atomic E-state index is 0.0632. The second-order valence-corrected chi connectivity index (χ2v) is 5.29. The molecule has 16 heavy (non-hydrogen) atoms. The van der Waals surface area contributed by atoms with Crippen LogP contribution in [0.3, 0.4) is 0 Å². The molecule has 1 aliphatic carbocycles. The van der Waals surface area contributed by atoms with Crippen LogP contribution in [0.2, 0.25) is 0 Å². The van der Waals surface area contributed by atoms with Crippen molar-refractivity contribution < 1.29 is 4.74 Å². The summed E-state index contributed by atoms with van der Waals surface area (Å²) in [4.78, 5) is 0. The molecular formula is C14H19NO. The molecule has 1 aromatic rings. The number of rotatable bonds is 2. The maximum Gasteiger partial charge on any atom is 0.122 e. The third-order valence-electron chi connectivity index (χ3n) is 3.91. The van der Waals surface area contributed by atoms with Crippen LogP contribution in [-0.2, 0) is 12.8 Å². The second-order valence-electron chi connectivity index (χ2n) is 5.29. The van der Waals surface area contributed by atoms with E-state index in [0.29, 0.717) is 0 Å².